The first-order valence-corrected chi connectivity index (χ1v) is 6.95. The van der Waals surface area contributed by atoms with E-state index < -0.39 is 16.1 Å². The predicted octanol–water partition coefficient (Wildman–Crippen LogP) is 1.81. The van der Waals surface area contributed by atoms with Crippen molar-refractivity contribution in [2.24, 2.45) is 4.99 Å². The first-order chi connectivity index (χ1) is 8.38. The second-order valence-electron chi connectivity index (χ2n) is 3.33. The van der Waals surface area contributed by atoms with E-state index in [9.17, 15) is 12.8 Å². The second-order valence-corrected chi connectivity index (χ2v) is 5.36. The largest absolute Gasteiger partial charge is 0.295 e. The third-order valence-electron chi connectivity index (χ3n) is 1.95. The van der Waals surface area contributed by atoms with Crippen LogP contribution in [-0.2, 0) is 10.0 Å². The molecule has 0 aliphatic carbocycles. The molecule has 0 aliphatic heterocycles. The second kappa shape index (κ2) is 6.12. The van der Waals surface area contributed by atoms with Gasteiger partial charge in [-0.2, -0.15) is 4.39 Å². The summed E-state index contributed by atoms with van der Waals surface area (Å²) in [6.07, 6.45) is -0.923. The smallest absolute Gasteiger partial charge is 0.257 e. The highest BCUT2D eigenvalue weighted by Crippen LogP contribution is 2.20. The highest BCUT2D eigenvalue weighted by atomic mass is 35.5. The van der Waals surface area contributed by atoms with Crippen LogP contribution in [0.2, 0.25) is 5.02 Å². The molecule has 0 radical (unpaired) electrons. The third kappa shape index (κ3) is 3.66. The molecular formula is C10H13ClFN3O2S. The number of sulfonamides is 1. The zero-order chi connectivity index (χ0) is 13.8. The molecule has 0 amide bonds. The number of hydrogen-bond acceptors (Lipinski definition) is 3. The lowest BCUT2D eigenvalue weighted by molar-refractivity contribution is 0.401. The number of nitrogens with zero attached hydrogens (tertiary/aromatic N) is 2. The number of hydrogen-bond donors (Lipinski definition) is 1. The van der Waals surface area contributed by atoms with Gasteiger partial charge in [-0.25, -0.2) is 13.4 Å². The summed E-state index contributed by atoms with van der Waals surface area (Å²) in [5.41, 5.74) is 0. The highest BCUT2D eigenvalue weighted by molar-refractivity contribution is 7.89. The molecule has 0 saturated carbocycles. The van der Waals surface area contributed by atoms with E-state index in [1.165, 1.54) is 25.2 Å². The number of amidine groups is 1. The summed E-state index contributed by atoms with van der Waals surface area (Å²) in [6, 6.07) is 5.89. The van der Waals surface area contributed by atoms with Crippen LogP contribution < -0.4 is 4.83 Å². The van der Waals surface area contributed by atoms with Gasteiger partial charge in [-0.15, -0.1) is 4.83 Å². The van der Waals surface area contributed by atoms with Crippen molar-refractivity contribution >= 4 is 27.7 Å². The molecule has 0 saturated heterocycles. The molecule has 0 fully saturated rings. The number of hydrazine groups is 1. The van der Waals surface area contributed by atoms with Gasteiger partial charge < -0.3 is 0 Å². The maximum atomic E-state index is 13.3. The minimum absolute atomic E-state index is 0.0613. The van der Waals surface area contributed by atoms with Crippen LogP contribution in [0.3, 0.4) is 0 Å². The minimum atomic E-state index is -3.93. The molecule has 100 valence electrons. The fraction of sp³-hybridized carbons (Fsp3) is 0.300. The van der Waals surface area contributed by atoms with Crippen molar-refractivity contribution in [1.82, 2.24) is 9.84 Å². The van der Waals surface area contributed by atoms with Crippen molar-refractivity contribution in [3.05, 3.63) is 29.3 Å². The van der Waals surface area contributed by atoms with E-state index in [2.05, 4.69) is 4.99 Å². The van der Waals surface area contributed by atoms with E-state index in [0.717, 1.165) is 0 Å². The van der Waals surface area contributed by atoms with Crippen LogP contribution in [0.4, 0.5) is 4.39 Å². The van der Waals surface area contributed by atoms with E-state index in [1.807, 2.05) is 4.83 Å². The maximum Gasteiger partial charge on any atom is 0.295 e. The van der Waals surface area contributed by atoms with Crippen LogP contribution in [0, 0.1) is 0 Å². The lowest BCUT2D eigenvalue weighted by Gasteiger charge is -2.17. The number of benzene rings is 1. The fourth-order valence-corrected chi connectivity index (χ4v) is 2.72. The first kappa shape index (κ1) is 14.9. The number of aliphatic imine (C=N–C) groups is 1. The van der Waals surface area contributed by atoms with Crippen molar-refractivity contribution in [2.75, 3.05) is 13.6 Å². The van der Waals surface area contributed by atoms with Crippen LogP contribution >= 0.6 is 11.6 Å². The SMILES string of the molecule is CCN=C(F)N(C)NS(=O)(=O)c1ccccc1Cl. The normalized spacial score (nSPS) is 12.6. The molecule has 0 atom stereocenters. The molecule has 0 bridgehead atoms. The Labute approximate surface area is 110 Å². The van der Waals surface area contributed by atoms with E-state index in [1.54, 1.807) is 13.0 Å². The zero-order valence-electron chi connectivity index (χ0n) is 9.89. The highest BCUT2D eigenvalue weighted by Gasteiger charge is 2.20. The third-order valence-corrected chi connectivity index (χ3v) is 3.84. The molecule has 1 aromatic rings. The Kier molecular flexibility index (Phi) is 5.06. The molecule has 8 heteroatoms. The maximum absolute atomic E-state index is 13.3. The predicted molar refractivity (Wildman–Crippen MR) is 68.6 cm³/mol. The van der Waals surface area contributed by atoms with Gasteiger partial charge in [0.05, 0.1) is 5.02 Å². The summed E-state index contributed by atoms with van der Waals surface area (Å²) in [5, 5.41) is 0.744. The Bertz CT molecular complexity index is 548. The van der Waals surface area contributed by atoms with Gasteiger partial charge in [0.25, 0.3) is 16.1 Å². The Morgan fingerprint density at radius 2 is 2.11 bits per heavy atom. The van der Waals surface area contributed by atoms with Gasteiger partial charge in [-0.3, -0.25) is 5.01 Å². The molecule has 0 spiro atoms. The Hall–Kier alpha value is -1.18. The van der Waals surface area contributed by atoms with E-state index in [-0.39, 0.29) is 16.5 Å². The molecule has 0 heterocycles. The Morgan fingerprint density at radius 3 is 2.67 bits per heavy atom. The van der Waals surface area contributed by atoms with Gasteiger partial charge in [0, 0.05) is 13.6 Å². The molecule has 1 aromatic carbocycles. The molecule has 5 nitrogen and oxygen atoms in total. The Morgan fingerprint density at radius 1 is 1.50 bits per heavy atom. The van der Waals surface area contributed by atoms with E-state index in [0.29, 0.717) is 5.01 Å². The van der Waals surface area contributed by atoms with E-state index in [4.69, 9.17) is 11.6 Å². The van der Waals surface area contributed by atoms with Crippen LogP contribution in [0.25, 0.3) is 0 Å². The van der Waals surface area contributed by atoms with Crippen LogP contribution in [0.5, 0.6) is 0 Å². The number of halogens is 2. The molecule has 0 aliphatic rings. The van der Waals surface area contributed by atoms with Crippen LogP contribution in [0.15, 0.2) is 34.2 Å². The average molecular weight is 294 g/mol. The van der Waals surface area contributed by atoms with Gasteiger partial charge >= 0.3 is 0 Å². The average Bonchev–Trinajstić information content (AvgIpc) is 2.29. The zero-order valence-corrected chi connectivity index (χ0v) is 11.5. The quantitative estimate of drug-likeness (QED) is 0.399. The summed E-state index contributed by atoms with van der Waals surface area (Å²) in [5.74, 6) is 0. The van der Waals surface area contributed by atoms with Crippen LogP contribution in [-0.4, -0.2) is 33.1 Å². The van der Waals surface area contributed by atoms with E-state index >= 15 is 0 Å². The number of rotatable bonds is 4. The molecule has 0 aromatic heterocycles. The van der Waals surface area contributed by atoms with Crippen molar-refractivity contribution in [1.29, 1.82) is 0 Å². The molecule has 18 heavy (non-hydrogen) atoms. The van der Waals surface area contributed by atoms with Crippen LogP contribution in [0.1, 0.15) is 6.92 Å². The van der Waals surface area contributed by atoms with Gasteiger partial charge in [-0.05, 0) is 19.1 Å². The van der Waals surface area contributed by atoms with Crippen molar-refractivity contribution < 1.29 is 12.8 Å². The number of nitrogens with one attached hydrogen (secondary N) is 1. The standard InChI is InChI=1S/C10H13ClFN3O2S/c1-3-13-10(12)15(2)14-18(16,17)9-7-5-4-6-8(9)11/h4-7,14H,3H2,1-2H3. The van der Waals surface area contributed by atoms with Crippen molar-refractivity contribution in [2.45, 2.75) is 11.8 Å². The van der Waals surface area contributed by atoms with Gasteiger partial charge in [0.15, 0.2) is 0 Å². The van der Waals surface area contributed by atoms with Gasteiger partial charge in [-0.1, -0.05) is 23.7 Å². The molecule has 0 unspecified atom stereocenters. The summed E-state index contributed by atoms with van der Waals surface area (Å²) in [6.45, 7) is 1.85. The summed E-state index contributed by atoms with van der Waals surface area (Å²) >= 11 is 5.77. The lowest BCUT2D eigenvalue weighted by Crippen LogP contribution is -2.41. The van der Waals surface area contributed by atoms with Gasteiger partial charge in [0.2, 0.25) is 0 Å². The minimum Gasteiger partial charge on any atom is -0.257 e. The van der Waals surface area contributed by atoms with Crippen molar-refractivity contribution in [3.63, 3.8) is 0 Å². The topological polar surface area (TPSA) is 61.8 Å². The molecule has 1 N–H and O–H groups in total. The molecular weight excluding hydrogens is 281 g/mol. The fourth-order valence-electron chi connectivity index (χ4n) is 1.17. The monoisotopic (exact) mass is 293 g/mol. The Balaban J connectivity index is 2.97. The summed E-state index contributed by atoms with van der Waals surface area (Å²) in [7, 11) is -2.72. The summed E-state index contributed by atoms with van der Waals surface area (Å²) < 4.78 is 37.1. The summed E-state index contributed by atoms with van der Waals surface area (Å²) in [4.78, 5) is 5.33. The lowest BCUT2D eigenvalue weighted by atomic mass is 10.4. The molecule has 1 rings (SSSR count). The van der Waals surface area contributed by atoms with Crippen molar-refractivity contribution in [3.8, 4) is 0 Å². The van der Waals surface area contributed by atoms with Gasteiger partial charge in [0.1, 0.15) is 4.90 Å². The first-order valence-electron chi connectivity index (χ1n) is 5.09.